The minimum Gasteiger partial charge on any atom is -0.361 e. The second-order valence-corrected chi connectivity index (χ2v) is 7.36. The number of H-pyrrole nitrogens is 1. The molecule has 2 aromatic carbocycles. The second kappa shape index (κ2) is 8.37. The number of nitrogens with one attached hydrogen (secondary N) is 3. The molecule has 6 heteroatoms. The fraction of sp³-hybridized carbons (Fsp3) is 0.130. The molecular formula is C23H21ClN4O. The van der Waals surface area contributed by atoms with Crippen LogP contribution in [0.3, 0.4) is 0 Å². The average Bonchev–Trinajstić information content (AvgIpc) is 3.16. The minimum atomic E-state index is -0.274. The topological polar surface area (TPSA) is 69.8 Å². The van der Waals surface area contributed by atoms with E-state index in [1.165, 1.54) is 0 Å². The number of carbonyl (C=O) groups is 1. The summed E-state index contributed by atoms with van der Waals surface area (Å²) >= 11 is 6.05. The van der Waals surface area contributed by atoms with E-state index in [4.69, 9.17) is 11.6 Å². The molecule has 4 rings (SSSR count). The number of anilines is 1. The molecule has 2 heterocycles. The third-order valence-electron chi connectivity index (χ3n) is 5.00. The van der Waals surface area contributed by atoms with Crippen molar-refractivity contribution in [3.05, 3.63) is 94.9 Å². The van der Waals surface area contributed by atoms with Gasteiger partial charge in [-0.05, 0) is 47.9 Å². The fourth-order valence-electron chi connectivity index (χ4n) is 3.46. The van der Waals surface area contributed by atoms with Gasteiger partial charge in [0.1, 0.15) is 0 Å². The normalized spacial score (nSPS) is 11.9. The Hall–Kier alpha value is -3.31. The summed E-state index contributed by atoms with van der Waals surface area (Å²) < 4.78 is 0. The largest absolute Gasteiger partial charge is 0.361 e. The van der Waals surface area contributed by atoms with Crippen molar-refractivity contribution in [2.45, 2.75) is 12.8 Å². The molecule has 0 spiro atoms. The quantitative estimate of drug-likeness (QED) is 0.412. The summed E-state index contributed by atoms with van der Waals surface area (Å²) in [5.74, 6) is -0.0361. The Labute approximate surface area is 174 Å². The summed E-state index contributed by atoms with van der Waals surface area (Å²) in [5, 5.41) is 7.59. The molecule has 0 aliphatic heterocycles. The van der Waals surface area contributed by atoms with Gasteiger partial charge in [-0.25, -0.2) is 4.79 Å². The van der Waals surface area contributed by atoms with Gasteiger partial charge in [-0.3, -0.25) is 4.98 Å². The van der Waals surface area contributed by atoms with Crippen LogP contribution < -0.4 is 10.6 Å². The first-order valence-electron chi connectivity index (χ1n) is 9.39. The molecule has 5 nitrogen and oxygen atoms in total. The Bertz CT molecular complexity index is 1140. The zero-order valence-electron chi connectivity index (χ0n) is 15.9. The van der Waals surface area contributed by atoms with Crippen LogP contribution in [0.4, 0.5) is 10.5 Å². The number of rotatable bonds is 5. The Morgan fingerprint density at radius 1 is 1.17 bits per heavy atom. The van der Waals surface area contributed by atoms with Crippen molar-refractivity contribution in [3.8, 4) is 0 Å². The van der Waals surface area contributed by atoms with E-state index in [0.717, 1.165) is 27.6 Å². The van der Waals surface area contributed by atoms with Crippen molar-refractivity contribution in [1.82, 2.24) is 15.3 Å². The van der Waals surface area contributed by atoms with Crippen LogP contribution in [0.5, 0.6) is 0 Å². The molecule has 2 amide bonds. The third-order valence-corrected chi connectivity index (χ3v) is 5.23. The predicted molar refractivity (Wildman–Crippen MR) is 118 cm³/mol. The molecule has 146 valence electrons. The highest BCUT2D eigenvalue weighted by molar-refractivity contribution is 6.31. The number of pyridine rings is 1. The summed E-state index contributed by atoms with van der Waals surface area (Å²) in [6.45, 7) is 2.36. The Morgan fingerprint density at radius 2 is 2.03 bits per heavy atom. The number of aryl methyl sites for hydroxylation is 1. The monoisotopic (exact) mass is 404 g/mol. The lowest BCUT2D eigenvalue weighted by atomic mass is 9.92. The molecule has 0 aliphatic rings. The van der Waals surface area contributed by atoms with Crippen LogP contribution in [-0.4, -0.2) is 22.5 Å². The van der Waals surface area contributed by atoms with Gasteiger partial charge in [-0.1, -0.05) is 41.9 Å². The van der Waals surface area contributed by atoms with Crippen LogP contribution in [0.2, 0.25) is 5.02 Å². The van der Waals surface area contributed by atoms with Crippen LogP contribution in [0, 0.1) is 6.92 Å². The third kappa shape index (κ3) is 4.25. The lowest BCUT2D eigenvalue weighted by molar-refractivity contribution is 0.252. The molecule has 0 bridgehead atoms. The average molecular weight is 405 g/mol. The van der Waals surface area contributed by atoms with Gasteiger partial charge in [0.15, 0.2) is 0 Å². The van der Waals surface area contributed by atoms with Gasteiger partial charge in [0, 0.05) is 52.7 Å². The predicted octanol–water partition coefficient (Wildman–Crippen LogP) is 5.48. The molecule has 0 saturated carbocycles. The van der Waals surface area contributed by atoms with E-state index in [1.54, 1.807) is 18.3 Å². The van der Waals surface area contributed by atoms with E-state index in [2.05, 4.69) is 26.7 Å². The Kier molecular flexibility index (Phi) is 5.49. The molecule has 0 radical (unpaired) electrons. The van der Waals surface area contributed by atoms with E-state index < -0.39 is 0 Å². The van der Waals surface area contributed by atoms with Gasteiger partial charge in [-0.15, -0.1) is 0 Å². The second-order valence-electron chi connectivity index (χ2n) is 6.92. The van der Waals surface area contributed by atoms with Gasteiger partial charge in [0.25, 0.3) is 0 Å². The zero-order valence-corrected chi connectivity index (χ0v) is 16.7. The molecule has 0 aliphatic carbocycles. The number of amides is 2. The van der Waals surface area contributed by atoms with Gasteiger partial charge in [0.2, 0.25) is 0 Å². The maximum atomic E-state index is 12.6. The highest BCUT2D eigenvalue weighted by atomic mass is 35.5. The zero-order chi connectivity index (χ0) is 20.2. The van der Waals surface area contributed by atoms with Crippen molar-refractivity contribution in [1.29, 1.82) is 0 Å². The van der Waals surface area contributed by atoms with Gasteiger partial charge in [0.05, 0.1) is 0 Å². The van der Waals surface area contributed by atoms with Crippen LogP contribution in [-0.2, 0) is 0 Å². The highest BCUT2D eigenvalue weighted by Crippen LogP contribution is 2.30. The van der Waals surface area contributed by atoms with Crippen LogP contribution in [0.15, 0.2) is 73.2 Å². The van der Waals surface area contributed by atoms with Crippen molar-refractivity contribution < 1.29 is 4.79 Å². The Balaban J connectivity index is 1.56. The number of para-hydroxylation sites is 1. The molecule has 2 aromatic heterocycles. The number of aromatic nitrogens is 2. The summed E-state index contributed by atoms with van der Waals surface area (Å²) in [6, 6.07) is 17.2. The maximum Gasteiger partial charge on any atom is 0.319 e. The number of halogens is 1. The van der Waals surface area contributed by atoms with Crippen LogP contribution in [0.25, 0.3) is 10.9 Å². The fourth-order valence-corrected chi connectivity index (χ4v) is 3.63. The number of benzene rings is 2. The maximum absolute atomic E-state index is 12.6. The van der Waals surface area contributed by atoms with Gasteiger partial charge < -0.3 is 15.6 Å². The number of hydrogen-bond acceptors (Lipinski definition) is 2. The van der Waals surface area contributed by atoms with Crippen LogP contribution in [0.1, 0.15) is 22.6 Å². The summed E-state index contributed by atoms with van der Waals surface area (Å²) in [6.07, 6.45) is 5.59. The van der Waals surface area contributed by atoms with Crippen molar-refractivity contribution in [2.24, 2.45) is 0 Å². The minimum absolute atomic E-state index is 0.0361. The number of aromatic amines is 1. The molecule has 29 heavy (non-hydrogen) atoms. The number of urea groups is 1. The molecular weight excluding hydrogens is 384 g/mol. The molecule has 1 atom stereocenters. The molecule has 0 saturated heterocycles. The van der Waals surface area contributed by atoms with E-state index in [-0.39, 0.29) is 11.9 Å². The van der Waals surface area contributed by atoms with Gasteiger partial charge in [-0.2, -0.15) is 0 Å². The van der Waals surface area contributed by atoms with E-state index in [1.807, 2.05) is 55.7 Å². The summed E-state index contributed by atoms with van der Waals surface area (Å²) in [4.78, 5) is 20.1. The number of carbonyl (C=O) groups excluding carboxylic acids is 1. The number of nitrogens with zero attached hydrogens (tertiary/aromatic N) is 1. The lowest BCUT2D eigenvalue weighted by Crippen LogP contribution is -2.33. The molecule has 0 fully saturated rings. The number of hydrogen-bond donors (Lipinski definition) is 3. The standard InChI is InChI=1S/C23H21ClN4O/c1-15-8-9-17(24)11-22(15)28-23(29)27-13-19(16-5-4-10-25-12-16)20-14-26-21-7-3-2-6-18(20)21/h2-12,14,19,26H,13H2,1H3,(H2,27,28,29). The van der Waals surface area contributed by atoms with Crippen molar-refractivity contribution in [2.75, 3.05) is 11.9 Å². The molecule has 4 aromatic rings. The molecule has 1 unspecified atom stereocenters. The lowest BCUT2D eigenvalue weighted by Gasteiger charge is -2.18. The van der Waals surface area contributed by atoms with E-state index >= 15 is 0 Å². The highest BCUT2D eigenvalue weighted by Gasteiger charge is 2.19. The van der Waals surface area contributed by atoms with Gasteiger partial charge >= 0.3 is 6.03 Å². The van der Waals surface area contributed by atoms with Crippen LogP contribution >= 0.6 is 11.6 Å². The smallest absolute Gasteiger partial charge is 0.319 e. The first kappa shape index (κ1) is 19.0. The number of fused-ring (bicyclic) bond motifs is 1. The van der Waals surface area contributed by atoms with E-state index in [0.29, 0.717) is 17.3 Å². The van der Waals surface area contributed by atoms with Crippen molar-refractivity contribution in [3.63, 3.8) is 0 Å². The SMILES string of the molecule is Cc1ccc(Cl)cc1NC(=O)NCC(c1cccnc1)c1c[nH]c2ccccc12. The first-order valence-corrected chi connectivity index (χ1v) is 9.76. The molecule has 3 N–H and O–H groups in total. The summed E-state index contributed by atoms with van der Waals surface area (Å²) in [5.41, 5.74) is 4.87. The van der Waals surface area contributed by atoms with E-state index in [9.17, 15) is 4.79 Å². The first-order chi connectivity index (χ1) is 14.1. The Morgan fingerprint density at radius 3 is 2.86 bits per heavy atom. The van der Waals surface area contributed by atoms with Crippen molar-refractivity contribution >= 4 is 34.2 Å². The summed E-state index contributed by atoms with van der Waals surface area (Å²) in [7, 11) is 0.